The average molecular weight is 320 g/mol. The van der Waals surface area contributed by atoms with Gasteiger partial charge in [-0.05, 0) is 24.8 Å². The number of nitrogens with zero attached hydrogens (tertiary/aromatic N) is 2. The second-order valence-corrected chi connectivity index (χ2v) is 6.37. The molecule has 1 fully saturated rings. The number of likely N-dealkylation sites (tertiary alicyclic amines) is 1. The molecule has 7 nitrogen and oxygen atoms in total. The van der Waals surface area contributed by atoms with E-state index in [9.17, 15) is 14.9 Å². The fourth-order valence-corrected chi connectivity index (χ4v) is 2.83. The number of piperidine rings is 1. The fourth-order valence-electron chi connectivity index (χ4n) is 2.83. The van der Waals surface area contributed by atoms with Crippen molar-refractivity contribution in [3.8, 4) is 0 Å². The van der Waals surface area contributed by atoms with Crippen LogP contribution in [0.15, 0.2) is 24.3 Å². The van der Waals surface area contributed by atoms with E-state index >= 15 is 0 Å². The van der Waals surface area contributed by atoms with Crippen LogP contribution in [0.25, 0.3) is 0 Å². The molecule has 2 N–H and O–H groups in total. The maximum atomic E-state index is 12.0. The normalized spacial score (nSPS) is 16.3. The molecular formula is C16H24N4O3. The maximum Gasteiger partial charge on any atom is 0.319 e. The van der Waals surface area contributed by atoms with Crippen LogP contribution in [0, 0.1) is 16.0 Å². The SMILES string of the molecule is CC(C)CN1CCC(NC(=O)Nc2cccc([N+](=O)[O-])c2)CC1. The molecular weight excluding hydrogens is 296 g/mol. The van der Waals surface area contributed by atoms with E-state index in [1.807, 2.05) is 0 Å². The highest BCUT2D eigenvalue weighted by molar-refractivity contribution is 5.89. The smallest absolute Gasteiger partial charge is 0.319 e. The van der Waals surface area contributed by atoms with Gasteiger partial charge in [0.15, 0.2) is 0 Å². The Labute approximate surface area is 136 Å². The fraction of sp³-hybridized carbons (Fsp3) is 0.562. The third-order valence-corrected chi connectivity index (χ3v) is 3.86. The number of rotatable bonds is 5. The lowest BCUT2D eigenvalue weighted by molar-refractivity contribution is -0.384. The average Bonchev–Trinajstić information content (AvgIpc) is 2.49. The molecule has 1 aliphatic heterocycles. The molecule has 7 heteroatoms. The molecule has 2 amide bonds. The molecule has 1 aromatic rings. The number of nitrogens with one attached hydrogen (secondary N) is 2. The first-order valence-corrected chi connectivity index (χ1v) is 7.98. The number of hydrogen-bond acceptors (Lipinski definition) is 4. The van der Waals surface area contributed by atoms with Crippen molar-refractivity contribution in [1.29, 1.82) is 0 Å². The Kier molecular flexibility index (Phi) is 5.92. The summed E-state index contributed by atoms with van der Waals surface area (Å²) in [5.41, 5.74) is 0.388. The van der Waals surface area contributed by atoms with Gasteiger partial charge in [-0.15, -0.1) is 0 Å². The summed E-state index contributed by atoms with van der Waals surface area (Å²) < 4.78 is 0. The zero-order valence-electron chi connectivity index (χ0n) is 13.6. The monoisotopic (exact) mass is 320 g/mol. The summed E-state index contributed by atoms with van der Waals surface area (Å²) >= 11 is 0. The number of anilines is 1. The Morgan fingerprint density at radius 3 is 2.70 bits per heavy atom. The van der Waals surface area contributed by atoms with Gasteiger partial charge >= 0.3 is 6.03 Å². The van der Waals surface area contributed by atoms with Crippen LogP contribution in [0.3, 0.4) is 0 Å². The lowest BCUT2D eigenvalue weighted by atomic mass is 10.0. The van der Waals surface area contributed by atoms with E-state index in [4.69, 9.17) is 0 Å². The van der Waals surface area contributed by atoms with Crippen LogP contribution in [0.5, 0.6) is 0 Å². The molecule has 1 aliphatic rings. The van der Waals surface area contributed by atoms with Crippen LogP contribution in [0.4, 0.5) is 16.2 Å². The van der Waals surface area contributed by atoms with Gasteiger partial charge in [0.1, 0.15) is 0 Å². The van der Waals surface area contributed by atoms with Crippen molar-refractivity contribution >= 4 is 17.4 Å². The van der Waals surface area contributed by atoms with Crippen molar-refractivity contribution in [1.82, 2.24) is 10.2 Å². The summed E-state index contributed by atoms with van der Waals surface area (Å²) in [6.07, 6.45) is 1.85. The van der Waals surface area contributed by atoms with Gasteiger partial charge in [0.25, 0.3) is 5.69 Å². The highest BCUT2D eigenvalue weighted by Gasteiger charge is 2.21. The summed E-state index contributed by atoms with van der Waals surface area (Å²) in [5.74, 6) is 0.650. The van der Waals surface area contributed by atoms with Crippen LogP contribution in [0.2, 0.25) is 0 Å². The molecule has 0 spiro atoms. The minimum Gasteiger partial charge on any atom is -0.335 e. The predicted octanol–water partition coefficient (Wildman–Crippen LogP) is 2.84. The zero-order valence-corrected chi connectivity index (χ0v) is 13.6. The van der Waals surface area contributed by atoms with Crippen LogP contribution < -0.4 is 10.6 Å². The molecule has 0 bridgehead atoms. The van der Waals surface area contributed by atoms with Gasteiger partial charge in [-0.25, -0.2) is 4.79 Å². The lowest BCUT2D eigenvalue weighted by Crippen LogP contribution is -2.46. The highest BCUT2D eigenvalue weighted by atomic mass is 16.6. The van der Waals surface area contributed by atoms with Crippen LogP contribution in [0.1, 0.15) is 26.7 Å². The van der Waals surface area contributed by atoms with Crippen molar-refractivity contribution in [2.75, 3.05) is 25.0 Å². The third-order valence-electron chi connectivity index (χ3n) is 3.86. The lowest BCUT2D eigenvalue weighted by Gasteiger charge is -2.33. The Hall–Kier alpha value is -2.15. The van der Waals surface area contributed by atoms with Gasteiger partial charge in [-0.1, -0.05) is 19.9 Å². The van der Waals surface area contributed by atoms with Crippen LogP contribution in [-0.2, 0) is 0 Å². The molecule has 0 saturated carbocycles. The number of nitro groups is 1. The summed E-state index contributed by atoms with van der Waals surface area (Å²) in [4.78, 5) is 24.7. The van der Waals surface area contributed by atoms with E-state index in [1.165, 1.54) is 12.1 Å². The summed E-state index contributed by atoms with van der Waals surface area (Å²) in [6.45, 7) is 7.47. The molecule has 23 heavy (non-hydrogen) atoms. The number of urea groups is 1. The minimum atomic E-state index is -0.479. The molecule has 0 radical (unpaired) electrons. The van der Waals surface area contributed by atoms with E-state index in [-0.39, 0.29) is 17.8 Å². The second-order valence-electron chi connectivity index (χ2n) is 6.37. The molecule has 1 saturated heterocycles. The van der Waals surface area contributed by atoms with E-state index in [1.54, 1.807) is 12.1 Å². The quantitative estimate of drug-likeness (QED) is 0.645. The van der Waals surface area contributed by atoms with Crippen LogP contribution >= 0.6 is 0 Å². The topological polar surface area (TPSA) is 87.5 Å². The predicted molar refractivity (Wildman–Crippen MR) is 89.6 cm³/mol. The molecule has 0 unspecified atom stereocenters. The molecule has 0 aliphatic carbocycles. The van der Waals surface area contributed by atoms with Gasteiger partial charge < -0.3 is 15.5 Å². The van der Waals surface area contributed by atoms with Crippen molar-refractivity contribution in [3.05, 3.63) is 34.4 Å². The standard InChI is InChI=1S/C16H24N4O3/c1-12(2)11-19-8-6-13(7-9-19)17-16(21)18-14-4-3-5-15(10-14)20(22)23/h3-5,10,12-13H,6-9,11H2,1-2H3,(H2,17,18,21). The summed E-state index contributed by atoms with van der Waals surface area (Å²) in [5, 5.41) is 16.3. The molecule has 1 heterocycles. The largest absolute Gasteiger partial charge is 0.335 e. The minimum absolute atomic E-state index is 0.0372. The van der Waals surface area contributed by atoms with E-state index in [0.29, 0.717) is 11.6 Å². The number of non-ortho nitro benzene ring substituents is 1. The van der Waals surface area contributed by atoms with Crippen molar-refractivity contribution in [3.63, 3.8) is 0 Å². The Bertz CT molecular complexity index is 554. The first kappa shape index (κ1) is 17.2. The van der Waals surface area contributed by atoms with Gasteiger partial charge in [0.2, 0.25) is 0 Å². The Morgan fingerprint density at radius 1 is 1.39 bits per heavy atom. The Balaban J connectivity index is 1.79. The van der Waals surface area contributed by atoms with Crippen molar-refractivity contribution in [2.45, 2.75) is 32.7 Å². The highest BCUT2D eigenvalue weighted by Crippen LogP contribution is 2.17. The van der Waals surface area contributed by atoms with E-state index in [0.717, 1.165) is 32.5 Å². The second kappa shape index (κ2) is 7.92. The molecule has 126 valence electrons. The van der Waals surface area contributed by atoms with Gasteiger partial charge in [0, 0.05) is 43.5 Å². The number of benzene rings is 1. The molecule has 0 atom stereocenters. The zero-order chi connectivity index (χ0) is 16.8. The third kappa shape index (κ3) is 5.52. The number of hydrogen-bond donors (Lipinski definition) is 2. The van der Waals surface area contributed by atoms with Gasteiger partial charge in [-0.2, -0.15) is 0 Å². The van der Waals surface area contributed by atoms with Gasteiger partial charge in [-0.3, -0.25) is 10.1 Å². The van der Waals surface area contributed by atoms with Crippen molar-refractivity contribution in [2.24, 2.45) is 5.92 Å². The van der Waals surface area contributed by atoms with E-state index < -0.39 is 4.92 Å². The molecule has 0 aromatic heterocycles. The van der Waals surface area contributed by atoms with Gasteiger partial charge in [0.05, 0.1) is 4.92 Å². The summed E-state index contributed by atoms with van der Waals surface area (Å²) in [6, 6.07) is 5.78. The number of amides is 2. The number of nitro benzene ring substituents is 1. The first-order valence-electron chi connectivity index (χ1n) is 7.98. The maximum absolute atomic E-state index is 12.0. The Morgan fingerprint density at radius 2 is 2.09 bits per heavy atom. The number of carbonyl (C=O) groups is 1. The first-order chi connectivity index (χ1) is 10.9. The summed E-state index contributed by atoms with van der Waals surface area (Å²) in [7, 11) is 0. The molecule has 2 rings (SSSR count). The van der Waals surface area contributed by atoms with Crippen LogP contribution in [-0.4, -0.2) is 41.5 Å². The number of carbonyl (C=O) groups excluding carboxylic acids is 1. The van der Waals surface area contributed by atoms with E-state index in [2.05, 4.69) is 29.4 Å². The molecule has 1 aromatic carbocycles. The van der Waals surface area contributed by atoms with Crippen molar-refractivity contribution < 1.29 is 9.72 Å².